The van der Waals surface area contributed by atoms with E-state index in [0.717, 1.165) is 6.42 Å². The molecule has 4 nitrogen and oxygen atoms in total. The highest BCUT2D eigenvalue weighted by atomic mass is 16.6. The van der Waals surface area contributed by atoms with Crippen LogP contribution in [-0.2, 0) is 19.1 Å². The van der Waals surface area contributed by atoms with Gasteiger partial charge in [-0.1, -0.05) is 13.8 Å². The monoisotopic (exact) mass is 228 g/mol. The first-order valence-electron chi connectivity index (χ1n) is 5.87. The number of ether oxygens (including phenoxy) is 2. The second-order valence-corrected chi connectivity index (χ2v) is 4.62. The molecule has 0 aliphatic carbocycles. The Bertz CT molecular complexity index is 272. The predicted octanol–water partition coefficient (Wildman–Crippen LogP) is 1.92. The summed E-state index contributed by atoms with van der Waals surface area (Å²) in [4.78, 5) is 23.6. The van der Waals surface area contributed by atoms with Gasteiger partial charge in [0.05, 0.1) is 13.2 Å². The van der Waals surface area contributed by atoms with Crippen LogP contribution in [0.2, 0.25) is 0 Å². The Morgan fingerprint density at radius 2 is 2.25 bits per heavy atom. The molecule has 0 amide bonds. The number of rotatable bonds is 5. The van der Waals surface area contributed by atoms with Crippen molar-refractivity contribution in [2.75, 3.05) is 13.2 Å². The lowest BCUT2D eigenvalue weighted by atomic mass is 9.80. The molecule has 0 radical (unpaired) electrons. The molecule has 0 spiro atoms. The molecule has 1 fully saturated rings. The third-order valence-electron chi connectivity index (χ3n) is 2.97. The Morgan fingerprint density at radius 3 is 2.69 bits per heavy atom. The summed E-state index contributed by atoms with van der Waals surface area (Å²) in [5, 5.41) is 0. The highest BCUT2D eigenvalue weighted by molar-refractivity contribution is 6.01. The SMILES string of the molecule is CCOC(=O)[C@@]1(CCC(C)C)CCOC1=O. The van der Waals surface area contributed by atoms with Crippen molar-refractivity contribution in [3.05, 3.63) is 0 Å². The first-order valence-corrected chi connectivity index (χ1v) is 5.87. The molecule has 92 valence electrons. The van der Waals surface area contributed by atoms with Crippen LogP contribution in [0.3, 0.4) is 0 Å². The zero-order chi connectivity index (χ0) is 12.2. The summed E-state index contributed by atoms with van der Waals surface area (Å²) in [5.74, 6) is -0.371. The number of cyclic esters (lactones) is 1. The first kappa shape index (κ1) is 13.0. The van der Waals surface area contributed by atoms with Crippen LogP contribution in [0.25, 0.3) is 0 Å². The van der Waals surface area contributed by atoms with Gasteiger partial charge in [-0.25, -0.2) is 0 Å². The van der Waals surface area contributed by atoms with Crippen LogP contribution in [-0.4, -0.2) is 25.2 Å². The van der Waals surface area contributed by atoms with E-state index in [1.165, 1.54) is 0 Å². The molecular weight excluding hydrogens is 208 g/mol. The summed E-state index contributed by atoms with van der Waals surface area (Å²) < 4.78 is 9.92. The molecule has 0 aromatic carbocycles. The third-order valence-corrected chi connectivity index (χ3v) is 2.97. The Hall–Kier alpha value is -1.06. The summed E-state index contributed by atoms with van der Waals surface area (Å²) >= 11 is 0. The highest BCUT2D eigenvalue weighted by Crippen LogP contribution is 2.37. The van der Waals surface area contributed by atoms with Crippen LogP contribution < -0.4 is 0 Å². The molecule has 0 aromatic heterocycles. The zero-order valence-electron chi connectivity index (χ0n) is 10.2. The molecule has 0 aromatic rings. The number of esters is 2. The number of hydrogen-bond donors (Lipinski definition) is 0. The van der Waals surface area contributed by atoms with E-state index in [1.807, 2.05) is 0 Å². The van der Waals surface area contributed by atoms with Gasteiger partial charge in [-0.05, 0) is 25.7 Å². The van der Waals surface area contributed by atoms with Crippen LogP contribution in [0.15, 0.2) is 0 Å². The molecule has 4 heteroatoms. The number of hydrogen-bond acceptors (Lipinski definition) is 4. The predicted molar refractivity (Wildman–Crippen MR) is 58.7 cm³/mol. The van der Waals surface area contributed by atoms with Crippen LogP contribution >= 0.6 is 0 Å². The van der Waals surface area contributed by atoms with Crippen LogP contribution in [0.1, 0.15) is 40.0 Å². The van der Waals surface area contributed by atoms with Crippen molar-refractivity contribution in [3.63, 3.8) is 0 Å². The average molecular weight is 228 g/mol. The van der Waals surface area contributed by atoms with Gasteiger partial charge in [-0.2, -0.15) is 0 Å². The van der Waals surface area contributed by atoms with Crippen molar-refractivity contribution >= 4 is 11.9 Å². The fourth-order valence-corrected chi connectivity index (χ4v) is 1.88. The molecule has 1 saturated heterocycles. The van der Waals surface area contributed by atoms with Crippen LogP contribution in [0.4, 0.5) is 0 Å². The van der Waals surface area contributed by atoms with Crippen LogP contribution in [0, 0.1) is 11.3 Å². The van der Waals surface area contributed by atoms with Crippen molar-refractivity contribution in [1.29, 1.82) is 0 Å². The minimum absolute atomic E-state index is 0.301. The fourth-order valence-electron chi connectivity index (χ4n) is 1.88. The Labute approximate surface area is 96.3 Å². The maximum Gasteiger partial charge on any atom is 0.323 e. The Kier molecular flexibility index (Phi) is 4.33. The van der Waals surface area contributed by atoms with E-state index in [4.69, 9.17) is 9.47 Å². The minimum Gasteiger partial charge on any atom is -0.465 e. The van der Waals surface area contributed by atoms with E-state index < -0.39 is 17.4 Å². The van der Waals surface area contributed by atoms with E-state index in [0.29, 0.717) is 32.0 Å². The molecule has 0 bridgehead atoms. The largest absolute Gasteiger partial charge is 0.465 e. The summed E-state index contributed by atoms with van der Waals surface area (Å²) in [6, 6.07) is 0. The van der Waals surface area contributed by atoms with Gasteiger partial charge in [0, 0.05) is 6.42 Å². The molecule has 1 rings (SSSR count). The van der Waals surface area contributed by atoms with Crippen molar-refractivity contribution in [1.82, 2.24) is 0 Å². The van der Waals surface area contributed by atoms with E-state index >= 15 is 0 Å². The second-order valence-electron chi connectivity index (χ2n) is 4.62. The first-order chi connectivity index (χ1) is 7.53. The van der Waals surface area contributed by atoms with Gasteiger partial charge in [0.25, 0.3) is 0 Å². The molecule has 0 saturated carbocycles. The van der Waals surface area contributed by atoms with Gasteiger partial charge in [-0.3, -0.25) is 9.59 Å². The molecule has 1 atom stereocenters. The molecule has 1 heterocycles. The smallest absolute Gasteiger partial charge is 0.323 e. The van der Waals surface area contributed by atoms with Gasteiger partial charge >= 0.3 is 11.9 Å². The third kappa shape index (κ3) is 2.54. The molecule has 0 N–H and O–H groups in total. The van der Waals surface area contributed by atoms with Gasteiger partial charge in [0.15, 0.2) is 5.41 Å². The van der Waals surface area contributed by atoms with Gasteiger partial charge in [0.2, 0.25) is 0 Å². The van der Waals surface area contributed by atoms with Crippen molar-refractivity contribution in [2.45, 2.75) is 40.0 Å². The Balaban J connectivity index is 2.76. The topological polar surface area (TPSA) is 52.6 Å². The van der Waals surface area contributed by atoms with E-state index in [1.54, 1.807) is 6.92 Å². The summed E-state index contributed by atoms with van der Waals surface area (Å²) in [7, 11) is 0. The van der Waals surface area contributed by atoms with Gasteiger partial charge in [-0.15, -0.1) is 0 Å². The zero-order valence-corrected chi connectivity index (χ0v) is 10.2. The standard InChI is InChI=1S/C12H20O4/c1-4-15-10(13)12(6-5-9(2)3)7-8-16-11(12)14/h9H,4-8H2,1-3H3/t12-/m1/s1. The lowest BCUT2D eigenvalue weighted by Crippen LogP contribution is -2.37. The van der Waals surface area contributed by atoms with Crippen molar-refractivity contribution in [2.24, 2.45) is 11.3 Å². The minimum atomic E-state index is -1.03. The molecule has 1 aliphatic heterocycles. The van der Waals surface area contributed by atoms with Gasteiger partial charge in [0.1, 0.15) is 0 Å². The Morgan fingerprint density at radius 1 is 1.56 bits per heavy atom. The quantitative estimate of drug-likeness (QED) is 0.533. The maximum atomic E-state index is 11.9. The molecule has 1 aliphatic rings. The average Bonchev–Trinajstić information content (AvgIpc) is 2.58. The van der Waals surface area contributed by atoms with E-state index in [2.05, 4.69) is 13.8 Å². The maximum absolute atomic E-state index is 11.9. The summed E-state index contributed by atoms with van der Waals surface area (Å²) in [6.07, 6.45) is 1.81. The lowest BCUT2D eigenvalue weighted by molar-refractivity contribution is -0.165. The van der Waals surface area contributed by atoms with E-state index in [-0.39, 0.29) is 0 Å². The van der Waals surface area contributed by atoms with Crippen LogP contribution in [0.5, 0.6) is 0 Å². The van der Waals surface area contributed by atoms with E-state index in [9.17, 15) is 9.59 Å². The highest BCUT2D eigenvalue weighted by Gasteiger charge is 2.52. The molecular formula is C12H20O4. The normalized spacial score (nSPS) is 24.6. The lowest BCUT2D eigenvalue weighted by Gasteiger charge is -2.22. The summed E-state index contributed by atoms with van der Waals surface area (Å²) in [6.45, 7) is 6.51. The molecule has 16 heavy (non-hydrogen) atoms. The molecule has 0 unspecified atom stereocenters. The summed E-state index contributed by atoms with van der Waals surface area (Å²) in [5.41, 5.74) is -1.03. The van der Waals surface area contributed by atoms with Gasteiger partial charge < -0.3 is 9.47 Å². The van der Waals surface area contributed by atoms with Crippen molar-refractivity contribution in [3.8, 4) is 0 Å². The van der Waals surface area contributed by atoms with Crippen molar-refractivity contribution < 1.29 is 19.1 Å². The number of carbonyl (C=O) groups is 2. The fraction of sp³-hybridized carbons (Fsp3) is 0.833. The second kappa shape index (κ2) is 5.32. The number of carbonyl (C=O) groups excluding carboxylic acids is 2.